The maximum atomic E-state index is 13.2. The Bertz CT molecular complexity index is 940. The molecular weight excluding hydrogens is 424 g/mol. The van der Waals surface area contributed by atoms with Gasteiger partial charge in [-0.05, 0) is 27.2 Å². The van der Waals surface area contributed by atoms with Gasteiger partial charge in [0.1, 0.15) is 18.2 Å². The van der Waals surface area contributed by atoms with Crippen molar-refractivity contribution in [3.05, 3.63) is 28.7 Å². The van der Waals surface area contributed by atoms with Gasteiger partial charge in [-0.1, -0.05) is 5.16 Å². The number of amides is 2. The van der Waals surface area contributed by atoms with Crippen LogP contribution in [-0.2, 0) is 26.2 Å². The van der Waals surface area contributed by atoms with Gasteiger partial charge in [0, 0.05) is 44.8 Å². The third-order valence-corrected chi connectivity index (χ3v) is 6.49. The zero-order chi connectivity index (χ0) is 21.5. The molecule has 0 spiro atoms. The number of rotatable bonds is 5. The number of nitrogens with zero attached hydrogens (tertiary/aromatic N) is 5. The second-order valence-corrected chi connectivity index (χ2v) is 8.37. The molecule has 0 bridgehead atoms. The van der Waals surface area contributed by atoms with Gasteiger partial charge in [-0.3, -0.25) is 14.7 Å². The first kappa shape index (κ1) is 23.2. The Morgan fingerprint density at radius 1 is 1.23 bits per heavy atom. The summed E-state index contributed by atoms with van der Waals surface area (Å²) in [6.45, 7) is 7.87. The van der Waals surface area contributed by atoms with Crippen LogP contribution in [0.1, 0.15) is 35.1 Å². The summed E-state index contributed by atoms with van der Waals surface area (Å²) < 4.78 is 10.2. The Balaban J connectivity index is 0.00000272. The molecule has 0 saturated carbocycles. The highest BCUT2D eigenvalue weighted by atomic mass is 35.5. The molecule has 2 aromatic rings. The van der Waals surface area contributed by atoms with E-state index in [2.05, 4.69) is 20.3 Å². The Morgan fingerprint density at radius 3 is 2.58 bits per heavy atom. The molecular formula is C20H29ClN6O4. The number of nitrogens with one attached hydrogen (secondary N) is 1. The number of halogens is 1. The van der Waals surface area contributed by atoms with Crippen molar-refractivity contribution in [2.45, 2.75) is 39.0 Å². The molecule has 2 saturated heterocycles. The molecule has 2 aliphatic heterocycles. The summed E-state index contributed by atoms with van der Waals surface area (Å²) in [5.74, 6) is 2.22. The summed E-state index contributed by atoms with van der Waals surface area (Å²) in [5, 5.41) is 11.3. The quantitative estimate of drug-likeness (QED) is 0.717. The highest BCUT2D eigenvalue weighted by Gasteiger charge is 2.54. The fourth-order valence-electron chi connectivity index (χ4n) is 4.76. The number of carbonyl (C=O) groups excluding carboxylic acids is 2. The standard InChI is InChI=1S/C20H28N6O4.ClH/c1-12-16(13(2)30-24-12)7-17(27)26-9-15-8-25(18(28)10-29-4)6-5-20(15,11-26)19-21-14(3)22-23-19;/h15H,5-11H2,1-4H3,(H,21,22,23);1H/t15-,20-;/m1./s1. The van der Waals surface area contributed by atoms with Gasteiger partial charge in [0.2, 0.25) is 11.8 Å². The first-order chi connectivity index (χ1) is 14.3. The molecule has 2 aliphatic rings. The van der Waals surface area contributed by atoms with Crippen LogP contribution in [0.25, 0.3) is 0 Å². The monoisotopic (exact) mass is 452 g/mol. The molecule has 0 radical (unpaired) electrons. The van der Waals surface area contributed by atoms with Gasteiger partial charge in [-0.2, -0.15) is 5.10 Å². The number of aryl methyl sites for hydroxylation is 3. The van der Waals surface area contributed by atoms with E-state index in [-0.39, 0.29) is 48.6 Å². The summed E-state index contributed by atoms with van der Waals surface area (Å²) in [7, 11) is 1.52. The van der Waals surface area contributed by atoms with Crippen LogP contribution in [0.15, 0.2) is 4.52 Å². The number of piperidine rings is 1. The van der Waals surface area contributed by atoms with E-state index in [1.807, 2.05) is 30.6 Å². The minimum Gasteiger partial charge on any atom is -0.375 e. The number of hydrogen-bond acceptors (Lipinski definition) is 7. The largest absolute Gasteiger partial charge is 0.375 e. The zero-order valence-electron chi connectivity index (χ0n) is 18.3. The maximum absolute atomic E-state index is 13.2. The van der Waals surface area contributed by atoms with Gasteiger partial charge >= 0.3 is 0 Å². The van der Waals surface area contributed by atoms with E-state index in [0.717, 1.165) is 22.9 Å². The Hall–Kier alpha value is -2.46. The highest BCUT2D eigenvalue weighted by molar-refractivity contribution is 5.85. The number of aromatic nitrogens is 4. The predicted molar refractivity (Wildman–Crippen MR) is 113 cm³/mol. The average Bonchev–Trinajstić information content (AvgIpc) is 3.41. The Kier molecular flexibility index (Phi) is 6.70. The number of aromatic amines is 1. The summed E-state index contributed by atoms with van der Waals surface area (Å²) in [6, 6.07) is 0. The molecule has 4 heterocycles. The third-order valence-electron chi connectivity index (χ3n) is 6.49. The summed E-state index contributed by atoms with van der Waals surface area (Å²) >= 11 is 0. The van der Waals surface area contributed by atoms with E-state index >= 15 is 0 Å². The molecule has 0 aliphatic carbocycles. The van der Waals surface area contributed by atoms with Crippen molar-refractivity contribution in [3.8, 4) is 0 Å². The minimum atomic E-state index is -0.358. The molecule has 1 N–H and O–H groups in total. The van der Waals surface area contributed by atoms with Crippen LogP contribution < -0.4 is 0 Å². The fourth-order valence-corrected chi connectivity index (χ4v) is 4.76. The van der Waals surface area contributed by atoms with Crippen molar-refractivity contribution in [3.63, 3.8) is 0 Å². The van der Waals surface area contributed by atoms with Gasteiger partial charge in [-0.15, -0.1) is 12.4 Å². The predicted octanol–water partition coefficient (Wildman–Crippen LogP) is 0.957. The van der Waals surface area contributed by atoms with Crippen LogP contribution in [-0.4, -0.2) is 81.8 Å². The maximum Gasteiger partial charge on any atom is 0.248 e. The Morgan fingerprint density at radius 2 is 1.97 bits per heavy atom. The van der Waals surface area contributed by atoms with Crippen LogP contribution in [0.4, 0.5) is 0 Å². The van der Waals surface area contributed by atoms with Crippen molar-refractivity contribution >= 4 is 24.2 Å². The average molecular weight is 453 g/mol. The first-order valence-corrected chi connectivity index (χ1v) is 10.2. The summed E-state index contributed by atoms with van der Waals surface area (Å²) in [4.78, 5) is 33.9. The number of methoxy groups -OCH3 is 1. The van der Waals surface area contributed by atoms with Crippen LogP contribution >= 0.6 is 12.4 Å². The highest BCUT2D eigenvalue weighted by Crippen LogP contribution is 2.44. The molecule has 2 fully saturated rings. The van der Waals surface area contributed by atoms with E-state index in [4.69, 9.17) is 9.26 Å². The molecule has 4 rings (SSSR count). The normalized spacial score (nSPS) is 22.9. The number of ether oxygens (including phenoxy) is 1. The van der Waals surface area contributed by atoms with Gasteiger partial charge in [-0.25, -0.2) is 4.98 Å². The number of likely N-dealkylation sites (tertiary alicyclic amines) is 2. The second-order valence-electron chi connectivity index (χ2n) is 8.37. The summed E-state index contributed by atoms with van der Waals surface area (Å²) in [6.07, 6.45) is 0.961. The minimum absolute atomic E-state index is 0. The molecule has 31 heavy (non-hydrogen) atoms. The van der Waals surface area contributed by atoms with Crippen molar-refractivity contribution in [2.24, 2.45) is 5.92 Å². The van der Waals surface area contributed by atoms with Crippen molar-refractivity contribution < 1.29 is 18.8 Å². The lowest BCUT2D eigenvalue weighted by atomic mass is 9.72. The van der Waals surface area contributed by atoms with Gasteiger partial charge in [0.05, 0.1) is 17.5 Å². The van der Waals surface area contributed by atoms with E-state index in [1.54, 1.807) is 0 Å². The number of carbonyl (C=O) groups is 2. The molecule has 0 unspecified atom stereocenters. The third kappa shape index (κ3) is 4.18. The van der Waals surface area contributed by atoms with Gasteiger partial charge < -0.3 is 19.1 Å². The number of fused-ring (bicyclic) bond motifs is 1. The topological polar surface area (TPSA) is 117 Å². The van der Waals surface area contributed by atoms with E-state index in [0.29, 0.717) is 38.4 Å². The zero-order valence-corrected chi connectivity index (χ0v) is 19.1. The van der Waals surface area contributed by atoms with Crippen LogP contribution in [0.3, 0.4) is 0 Å². The first-order valence-electron chi connectivity index (χ1n) is 10.2. The lowest BCUT2D eigenvalue weighted by molar-refractivity contribution is -0.137. The van der Waals surface area contributed by atoms with E-state index in [1.165, 1.54) is 7.11 Å². The lowest BCUT2D eigenvalue weighted by Crippen LogP contribution is -2.52. The molecule has 0 aromatic carbocycles. The van der Waals surface area contributed by atoms with Crippen LogP contribution in [0, 0.1) is 26.7 Å². The van der Waals surface area contributed by atoms with Gasteiger partial charge in [0.15, 0.2) is 5.82 Å². The lowest BCUT2D eigenvalue weighted by Gasteiger charge is -2.41. The molecule has 2 aromatic heterocycles. The smallest absolute Gasteiger partial charge is 0.248 e. The van der Waals surface area contributed by atoms with Crippen molar-refractivity contribution in [1.82, 2.24) is 30.1 Å². The van der Waals surface area contributed by atoms with Crippen LogP contribution in [0.2, 0.25) is 0 Å². The SMILES string of the molecule is COCC(=O)N1CC[C@@]2(c3n[nH]c(C)n3)CN(C(=O)Cc3c(C)noc3C)C[C@H]2C1.Cl. The van der Waals surface area contributed by atoms with Gasteiger partial charge in [0.25, 0.3) is 0 Å². The molecule has 11 heteroatoms. The van der Waals surface area contributed by atoms with E-state index < -0.39 is 0 Å². The van der Waals surface area contributed by atoms with Crippen molar-refractivity contribution in [2.75, 3.05) is 39.9 Å². The fraction of sp³-hybridized carbons (Fsp3) is 0.650. The molecule has 10 nitrogen and oxygen atoms in total. The summed E-state index contributed by atoms with van der Waals surface area (Å²) in [5.41, 5.74) is 1.23. The molecule has 170 valence electrons. The van der Waals surface area contributed by atoms with Crippen molar-refractivity contribution in [1.29, 1.82) is 0 Å². The molecule has 2 atom stereocenters. The van der Waals surface area contributed by atoms with E-state index in [9.17, 15) is 9.59 Å². The van der Waals surface area contributed by atoms with Crippen LogP contribution in [0.5, 0.6) is 0 Å². The second kappa shape index (κ2) is 8.96. The number of hydrogen-bond donors (Lipinski definition) is 1. The number of H-pyrrole nitrogens is 1. The molecule has 2 amide bonds. The Labute approximate surface area is 187 Å².